The number of rotatable bonds is 0. The van der Waals surface area contributed by atoms with E-state index in [9.17, 15) is 0 Å². The molecule has 1 aromatic heterocycles. The molecule has 0 fully saturated rings. The van der Waals surface area contributed by atoms with Gasteiger partial charge in [0.25, 0.3) is 0 Å². The van der Waals surface area contributed by atoms with Crippen LogP contribution in [0, 0.1) is 11.6 Å². The average Bonchev–Trinajstić information content (AvgIpc) is 2.22. The molecule has 0 aliphatic rings. The second-order valence-electron chi connectivity index (χ2n) is 2.79. The minimum absolute atomic E-state index is 0.705. The fourth-order valence-corrected chi connectivity index (χ4v) is 1.43. The van der Waals surface area contributed by atoms with Crippen molar-refractivity contribution in [2.24, 2.45) is 0 Å². The van der Waals surface area contributed by atoms with Crippen LogP contribution in [-0.2, 0) is 0 Å². The van der Waals surface area contributed by atoms with Crippen LogP contribution < -0.4 is 0 Å². The predicted molar refractivity (Wildman–Crippen MR) is 63.0 cm³/mol. The molecule has 2 aromatic rings. The van der Waals surface area contributed by atoms with Crippen molar-refractivity contribution in [3.63, 3.8) is 0 Å². The summed E-state index contributed by atoms with van der Waals surface area (Å²) in [7, 11) is 0. The van der Waals surface area contributed by atoms with E-state index in [1.165, 1.54) is 5.56 Å². The maximum Gasteiger partial charge on any atom is 0.127 e. The first-order valence-corrected chi connectivity index (χ1v) is 5.12. The van der Waals surface area contributed by atoms with E-state index in [1.807, 2.05) is 19.9 Å². The van der Waals surface area contributed by atoms with Crippen LogP contribution in [0.5, 0.6) is 0 Å². The van der Waals surface area contributed by atoms with Crippen molar-refractivity contribution in [2.45, 2.75) is 20.8 Å². The smallest absolute Gasteiger partial charge is 0.127 e. The zero-order valence-electron chi connectivity index (χ0n) is 8.66. The maximum absolute atomic E-state index is 5.10. The molecule has 2 rings (SSSR count). The van der Waals surface area contributed by atoms with E-state index in [0.717, 1.165) is 10.8 Å². The van der Waals surface area contributed by atoms with Gasteiger partial charge in [-0.1, -0.05) is 43.8 Å². The quantitative estimate of drug-likeness (QED) is 0.667. The van der Waals surface area contributed by atoms with E-state index in [4.69, 9.17) is 12.2 Å². The Morgan fingerprint density at radius 1 is 1.29 bits per heavy atom. The van der Waals surface area contributed by atoms with E-state index in [0.29, 0.717) is 4.64 Å². The zero-order valence-corrected chi connectivity index (χ0v) is 9.48. The first-order chi connectivity index (χ1) is 6.77. The van der Waals surface area contributed by atoms with Crippen LogP contribution in [0.1, 0.15) is 19.4 Å². The first kappa shape index (κ1) is 10.9. The standard InChI is InChI=1S/C9H8N2S.C2H6/c1-6-2-3-7-5-10-11-9(12)8(7)4-6;1-2/h2-5H,1H3,(H,11,12);1-2H3. The molecule has 0 amide bonds. The third-order valence-electron chi connectivity index (χ3n) is 1.82. The summed E-state index contributed by atoms with van der Waals surface area (Å²) in [6.45, 7) is 6.05. The van der Waals surface area contributed by atoms with Crippen LogP contribution in [-0.4, -0.2) is 10.2 Å². The van der Waals surface area contributed by atoms with E-state index < -0.39 is 0 Å². The Labute approximate surface area is 89.0 Å². The van der Waals surface area contributed by atoms with Gasteiger partial charge in [-0.05, 0) is 13.0 Å². The lowest BCUT2D eigenvalue weighted by atomic mass is 10.1. The lowest BCUT2D eigenvalue weighted by molar-refractivity contribution is 1.04. The largest absolute Gasteiger partial charge is 0.267 e. The minimum atomic E-state index is 0.705. The molecule has 0 atom stereocenters. The Balaban J connectivity index is 0.000000461. The van der Waals surface area contributed by atoms with Gasteiger partial charge in [-0.25, -0.2) is 0 Å². The first-order valence-electron chi connectivity index (χ1n) is 4.71. The van der Waals surface area contributed by atoms with Crippen LogP contribution in [0.4, 0.5) is 0 Å². The van der Waals surface area contributed by atoms with Gasteiger partial charge in [-0.2, -0.15) is 5.10 Å². The van der Waals surface area contributed by atoms with E-state index in [2.05, 4.69) is 29.3 Å². The monoisotopic (exact) mass is 206 g/mol. The molecular formula is C11H14N2S. The van der Waals surface area contributed by atoms with Gasteiger partial charge in [0, 0.05) is 10.8 Å². The molecule has 0 saturated carbocycles. The van der Waals surface area contributed by atoms with Crippen LogP contribution in [0.2, 0.25) is 0 Å². The van der Waals surface area contributed by atoms with Crippen molar-refractivity contribution in [1.29, 1.82) is 0 Å². The molecule has 14 heavy (non-hydrogen) atoms. The summed E-state index contributed by atoms with van der Waals surface area (Å²) in [5.41, 5.74) is 1.22. The third kappa shape index (κ3) is 2.17. The van der Waals surface area contributed by atoms with Gasteiger partial charge < -0.3 is 0 Å². The molecule has 0 unspecified atom stereocenters. The number of aromatic nitrogens is 2. The number of nitrogens with one attached hydrogen (secondary N) is 1. The number of hydrogen-bond acceptors (Lipinski definition) is 2. The van der Waals surface area contributed by atoms with E-state index in [-0.39, 0.29) is 0 Å². The van der Waals surface area contributed by atoms with Gasteiger partial charge in [0.2, 0.25) is 0 Å². The Morgan fingerprint density at radius 3 is 2.71 bits per heavy atom. The topological polar surface area (TPSA) is 28.7 Å². The average molecular weight is 206 g/mol. The zero-order chi connectivity index (χ0) is 10.6. The summed E-state index contributed by atoms with van der Waals surface area (Å²) < 4.78 is 0.705. The lowest BCUT2D eigenvalue weighted by Crippen LogP contribution is -1.83. The Morgan fingerprint density at radius 2 is 2.00 bits per heavy atom. The van der Waals surface area contributed by atoms with Gasteiger partial charge in [0.05, 0.1) is 6.20 Å². The molecule has 0 bridgehead atoms. The molecule has 0 saturated heterocycles. The van der Waals surface area contributed by atoms with Gasteiger partial charge in [0.1, 0.15) is 4.64 Å². The number of hydrogen-bond donors (Lipinski definition) is 1. The van der Waals surface area contributed by atoms with E-state index in [1.54, 1.807) is 6.20 Å². The molecule has 0 aliphatic heterocycles. The number of aromatic amines is 1. The predicted octanol–water partition coefficient (Wildman–Crippen LogP) is 3.63. The third-order valence-corrected chi connectivity index (χ3v) is 2.13. The molecule has 0 radical (unpaired) electrons. The SMILES string of the molecule is CC.Cc1ccc2cn[nH]c(=S)c2c1. The summed E-state index contributed by atoms with van der Waals surface area (Å²) in [6.07, 6.45) is 1.78. The summed E-state index contributed by atoms with van der Waals surface area (Å²) in [6, 6.07) is 6.15. The van der Waals surface area contributed by atoms with Crippen molar-refractivity contribution in [3.05, 3.63) is 34.6 Å². The second kappa shape index (κ2) is 4.86. The summed E-state index contributed by atoms with van der Waals surface area (Å²) in [4.78, 5) is 0. The highest BCUT2D eigenvalue weighted by Crippen LogP contribution is 2.13. The lowest BCUT2D eigenvalue weighted by Gasteiger charge is -1.97. The van der Waals surface area contributed by atoms with Crippen molar-refractivity contribution in [1.82, 2.24) is 10.2 Å². The highest BCUT2D eigenvalue weighted by molar-refractivity contribution is 7.71. The Kier molecular flexibility index (Phi) is 3.77. The summed E-state index contributed by atoms with van der Waals surface area (Å²) in [5, 5.41) is 8.84. The van der Waals surface area contributed by atoms with Gasteiger partial charge in [-0.15, -0.1) is 0 Å². The number of aryl methyl sites for hydroxylation is 1. The number of nitrogens with zero attached hydrogens (tertiary/aromatic N) is 1. The maximum atomic E-state index is 5.10. The van der Waals surface area contributed by atoms with Crippen LogP contribution in [0.15, 0.2) is 24.4 Å². The van der Waals surface area contributed by atoms with Gasteiger partial charge >= 0.3 is 0 Å². The van der Waals surface area contributed by atoms with Crippen molar-refractivity contribution in [2.75, 3.05) is 0 Å². The molecule has 74 valence electrons. The van der Waals surface area contributed by atoms with Crippen molar-refractivity contribution < 1.29 is 0 Å². The molecule has 1 heterocycles. The molecule has 1 N–H and O–H groups in total. The van der Waals surface area contributed by atoms with Crippen LogP contribution >= 0.6 is 12.2 Å². The summed E-state index contributed by atoms with van der Waals surface area (Å²) in [5.74, 6) is 0. The molecule has 2 nitrogen and oxygen atoms in total. The van der Waals surface area contributed by atoms with Gasteiger partial charge in [-0.3, -0.25) is 5.10 Å². The molecule has 1 aromatic carbocycles. The van der Waals surface area contributed by atoms with Crippen molar-refractivity contribution >= 4 is 23.0 Å². The normalized spacial score (nSPS) is 9.36. The molecule has 0 aliphatic carbocycles. The highest BCUT2D eigenvalue weighted by Gasteiger charge is 1.94. The molecule has 0 spiro atoms. The fraction of sp³-hybridized carbons (Fsp3) is 0.273. The van der Waals surface area contributed by atoms with Gasteiger partial charge in [0.15, 0.2) is 0 Å². The number of benzene rings is 1. The summed E-state index contributed by atoms with van der Waals surface area (Å²) >= 11 is 5.10. The molecular weight excluding hydrogens is 192 g/mol. The fourth-order valence-electron chi connectivity index (χ4n) is 1.20. The van der Waals surface area contributed by atoms with Crippen molar-refractivity contribution in [3.8, 4) is 0 Å². The Hall–Kier alpha value is -1.22. The Bertz CT molecular complexity index is 474. The van der Waals surface area contributed by atoms with Crippen LogP contribution in [0.3, 0.4) is 0 Å². The highest BCUT2D eigenvalue weighted by atomic mass is 32.1. The second-order valence-corrected chi connectivity index (χ2v) is 3.20. The minimum Gasteiger partial charge on any atom is -0.267 e. The number of fused-ring (bicyclic) bond motifs is 1. The van der Waals surface area contributed by atoms with E-state index >= 15 is 0 Å². The number of H-pyrrole nitrogens is 1. The van der Waals surface area contributed by atoms with Crippen LogP contribution in [0.25, 0.3) is 10.8 Å². The molecule has 3 heteroatoms.